The van der Waals surface area contributed by atoms with Gasteiger partial charge in [-0.3, -0.25) is 0 Å². The highest BCUT2D eigenvalue weighted by atomic mass is 15.2. The van der Waals surface area contributed by atoms with E-state index in [9.17, 15) is 0 Å². The molecule has 3 aromatic heterocycles. The summed E-state index contributed by atoms with van der Waals surface area (Å²) in [4.78, 5) is 5.28. The van der Waals surface area contributed by atoms with E-state index in [1.165, 1.54) is 127 Å². The van der Waals surface area contributed by atoms with Gasteiger partial charge in [-0.2, -0.15) is 0 Å². The molecule has 14 aromatic rings. The van der Waals surface area contributed by atoms with E-state index in [0.717, 1.165) is 50.8 Å². The first-order valence-corrected chi connectivity index (χ1v) is 38.2. The van der Waals surface area contributed by atoms with Crippen LogP contribution in [-0.2, 0) is 43.3 Å². The van der Waals surface area contributed by atoms with E-state index in [0.29, 0.717) is 0 Å². The van der Waals surface area contributed by atoms with E-state index in [1.54, 1.807) is 0 Å². The molecule has 0 N–H and O–H groups in total. The van der Waals surface area contributed by atoms with E-state index < -0.39 is 0 Å². The molecule has 526 valence electrons. The standard InChI is InChI=1S/C98H106BN5/c1-91(2,3)59-31-41-67(42-32-59)100-82-49-39-65(97(19,20)21)55-76(82)99-77-56-66(98(22,23)24)40-50-83(77)101(68-43-33-60(34-44-68)92(4,5)6)87-58-69(57-86(100)88(87)99)102-89-70(27-25-29-84(89)103-78-45-35-61(93(7,8)9)51-72(78)73-52-62(94(10,11)12)36-46-79(73)103)71-28-26-30-85(90(71)102)104-80-47-37-63(95(13,14)15)53-74(80)75-54-64(96(16,17)18)38-48-81(75)104/h25-58H,1-24H3. The lowest BCUT2D eigenvalue weighted by Crippen LogP contribution is -2.61. The molecule has 5 heterocycles. The molecule has 0 saturated heterocycles. The van der Waals surface area contributed by atoms with Crippen LogP contribution in [0.1, 0.15) is 211 Å². The molecule has 5 nitrogen and oxygen atoms in total. The first-order valence-electron chi connectivity index (χ1n) is 38.2. The van der Waals surface area contributed by atoms with Gasteiger partial charge in [0.1, 0.15) is 0 Å². The van der Waals surface area contributed by atoms with Gasteiger partial charge in [0.15, 0.2) is 0 Å². The minimum atomic E-state index is -0.120. The highest BCUT2D eigenvalue weighted by Gasteiger charge is 2.45. The van der Waals surface area contributed by atoms with Crippen molar-refractivity contribution >= 4 is 123 Å². The lowest BCUT2D eigenvalue weighted by molar-refractivity contribution is 0.590. The van der Waals surface area contributed by atoms with E-state index in [1.807, 2.05) is 0 Å². The fourth-order valence-electron chi connectivity index (χ4n) is 17.0. The highest BCUT2D eigenvalue weighted by molar-refractivity contribution is 7.00. The summed E-state index contributed by atoms with van der Waals surface area (Å²) in [6, 6.07) is 82.6. The second kappa shape index (κ2) is 23.0. The molecule has 0 spiro atoms. The summed E-state index contributed by atoms with van der Waals surface area (Å²) in [6.45, 7) is 56.2. The molecule has 11 aromatic carbocycles. The van der Waals surface area contributed by atoms with Crippen LogP contribution in [0.3, 0.4) is 0 Å². The van der Waals surface area contributed by atoms with Crippen LogP contribution >= 0.6 is 0 Å². The summed E-state index contributed by atoms with van der Waals surface area (Å²) >= 11 is 0. The SMILES string of the molecule is CC(C)(C)c1ccc(N2c3ccc(C(C)(C)C)cc3B3c4cc(C(C)(C)C)ccc4N(c4ccc(C(C)(C)C)cc4)c4cc(-n5c6c(-n7c8ccc(C(C)(C)C)cc8c8cc(C(C)(C)C)ccc87)cccc6c6cccc(-n7c8ccc(C(C)(C)C)cc8c8cc(C(C)(C)C)ccc87)c65)cc2c43)cc1. The molecule has 0 amide bonds. The minimum Gasteiger partial charge on any atom is -0.311 e. The van der Waals surface area contributed by atoms with Gasteiger partial charge in [-0.15, -0.1) is 0 Å². The quantitative estimate of drug-likeness (QED) is 0.160. The monoisotopic (exact) mass is 1360 g/mol. The van der Waals surface area contributed by atoms with Gasteiger partial charge in [-0.1, -0.05) is 263 Å². The first-order chi connectivity index (χ1) is 48.6. The molecule has 2 aliphatic heterocycles. The van der Waals surface area contributed by atoms with Crippen LogP contribution in [0.15, 0.2) is 206 Å². The fourth-order valence-corrected chi connectivity index (χ4v) is 17.0. The van der Waals surface area contributed by atoms with Gasteiger partial charge < -0.3 is 23.5 Å². The Kier molecular flexibility index (Phi) is 15.2. The maximum absolute atomic E-state index is 2.72. The maximum Gasteiger partial charge on any atom is 0.252 e. The molecule has 0 radical (unpaired) electrons. The lowest BCUT2D eigenvalue weighted by atomic mass is 9.33. The Labute approximate surface area is 619 Å². The van der Waals surface area contributed by atoms with Crippen molar-refractivity contribution in [3.8, 4) is 17.1 Å². The molecular weight excluding hydrogens is 1260 g/mol. The van der Waals surface area contributed by atoms with Crippen LogP contribution in [-0.4, -0.2) is 20.4 Å². The maximum atomic E-state index is 2.72. The van der Waals surface area contributed by atoms with E-state index in [2.05, 4.69) is 396 Å². The molecule has 104 heavy (non-hydrogen) atoms. The molecule has 0 saturated carbocycles. The van der Waals surface area contributed by atoms with Crippen LogP contribution in [0.5, 0.6) is 0 Å². The van der Waals surface area contributed by atoms with Gasteiger partial charge >= 0.3 is 0 Å². The molecular formula is C98H106BN5. The smallest absolute Gasteiger partial charge is 0.252 e. The zero-order valence-electron chi connectivity index (χ0n) is 66.4. The molecule has 0 bridgehead atoms. The average Bonchev–Trinajstić information content (AvgIpc) is 1.17. The fraction of sp³-hybridized carbons (Fsp3) is 0.327. The third-order valence-electron chi connectivity index (χ3n) is 23.3. The number of para-hydroxylation sites is 2. The van der Waals surface area contributed by atoms with Crippen LogP contribution in [0, 0.1) is 0 Å². The van der Waals surface area contributed by atoms with Gasteiger partial charge in [-0.25, -0.2) is 0 Å². The van der Waals surface area contributed by atoms with Crippen molar-refractivity contribution in [2.75, 3.05) is 9.80 Å². The minimum absolute atomic E-state index is 0.0478. The number of aromatic nitrogens is 3. The molecule has 0 atom stereocenters. The average molecular weight is 1360 g/mol. The van der Waals surface area contributed by atoms with Gasteiger partial charge in [0.25, 0.3) is 6.71 Å². The van der Waals surface area contributed by atoms with E-state index in [-0.39, 0.29) is 50.0 Å². The summed E-state index contributed by atoms with van der Waals surface area (Å²) in [5.41, 5.74) is 31.2. The summed E-state index contributed by atoms with van der Waals surface area (Å²) in [6.07, 6.45) is 0. The van der Waals surface area contributed by atoms with Crippen LogP contribution < -0.4 is 26.2 Å². The molecule has 16 rings (SSSR count). The van der Waals surface area contributed by atoms with Gasteiger partial charge in [0, 0.05) is 66.4 Å². The molecule has 0 unspecified atom stereocenters. The third-order valence-corrected chi connectivity index (χ3v) is 23.3. The van der Waals surface area contributed by atoms with Crippen molar-refractivity contribution in [2.24, 2.45) is 0 Å². The van der Waals surface area contributed by atoms with Crippen molar-refractivity contribution in [3.63, 3.8) is 0 Å². The lowest BCUT2D eigenvalue weighted by Gasteiger charge is -2.45. The van der Waals surface area contributed by atoms with Crippen molar-refractivity contribution in [3.05, 3.63) is 251 Å². The number of anilines is 6. The summed E-state index contributed by atoms with van der Waals surface area (Å²) in [5, 5.41) is 7.43. The topological polar surface area (TPSA) is 21.3 Å². The predicted molar refractivity (Wildman–Crippen MR) is 453 cm³/mol. The molecule has 6 heteroatoms. The summed E-state index contributed by atoms with van der Waals surface area (Å²) in [7, 11) is 0. The van der Waals surface area contributed by atoms with Crippen molar-refractivity contribution < 1.29 is 0 Å². The zero-order chi connectivity index (χ0) is 74.0. The second-order valence-electron chi connectivity index (χ2n) is 38.9. The Bertz CT molecular complexity index is 5360. The number of fused-ring (bicyclic) bond motifs is 13. The van der Waals surface area contributed by atoms with Crippen molar-refractivity contribution in [1.82, 2.24) is 13.7 Å². The summed E-state index contributed by atoms with van der Waals surface area (Å²) < 4.78 is 7.94. The summed E-state index contributed by atoms with van der Waals surface area (Å²) in [5.74, 6) is 0. The Morgan fingerprint density at radius 1 is 0.212 bits per heavy atom. The Morgan fingerprint density at radius 3 is 0.769 bits per heavy atom. The van der Waals surface area contributed by atoms with E-state index >= 15 is 0 Å². The Hall–Kier alpha value is -9.52. The largest absolute Gasteiger partial charge is 0.311 e. The second-order valence-corrected chi connectivity index (χ2v) is 38.9. The van der Waals surface area contributed by atoms with E-state index in [4.69, 9.17) is 0 Å². The number of hydrogen-bond donors (Lipinski definition) is 0. The number of rotatable bonds is 5. The highest BCUT2D eigenvalue weighted by Crippen LogP contribution is 2.51. The third kappa shape index (κ3) is 11.1. The molecule has 0 fully saturated rings. The van der Waals surface area contributed by atoms with Gasteiger partial charge in [0.2, 0.25) is 0 Å². The number of hydrogen-bond acceptors (Lipinski definition) is 2. The Morgan fingerprint density at radius 2 is 0.481 bits per heavy atom. The molecule has 2 aliphatic rings. The Balaban J connectivity index is 1.12. The van der Waals surface area contributed by atoms with Crippen LogP contribution in [0.25, 0.3) is 82.5 Å². The first kappa shape index (κ1) is 68.9. The van der Waals surface area contributed by atoms with Crippen molar-refractivity contribution in [2.45, 2.75) is 209 Å². The van der Waals surface area contributed by atoms with Crippen LogP contribution in [0.4, 0.5) is 34.1 Å². The van der Waals surface area contributed by atoms with Gasteiger partial charge in [0.05, 0.1) is 50.2 Å². The van der Waals surface area contributed by atoms with Crippen LogP contribution in [0.2, 0.25) is 0 Å². The molecule has 0 aliphatic carbocycles. The number of nitrogens with zero attached hydrogens (tertiary/aromatic N) is 5. The predicted octanol–water partition coefficient (Wildman–Crippen LogP) is 25.4. The number of benzene rings is 11. The zero-order valence-corrected chi connectivity index (χ0v) is 66.4. The van der Waals surface area contributed by atoms with Crippen molar-refractivity contribution in [1.29, 1.82) is 0 Å². The van der Waals surface area contributed by atoms with Gasteiger partial charge in [-0.05, 0) is 213 Å². The normalized spacial score (nSPS) is 14.1.